The minimum Gasteiger partial charge on any atom is -0.497 e. The molecular formula is C28H22N4O4. The summed E-state index contributed by atoms with van der Waals surface area (Å²) >= 11 is 0. The van der Waals surface area contributed by atoms with Crippen LogP contribution in [-0.4, -0.2) is 39.2 Å². The van der Waals surface area contributed by atoms with Crippen molar-refractivity contribution in [3.8, 4) is 56.8 Å². The number of nitrogens with one attached hydrogen (secondary N) is 1. The van der Waals surface area contributed by atoms with Crippen LogP contribution in [0.25, 0.3) is 50.4 Å². The average Bonchev–Trinajstić information content (AvgIpc) is 3.67. The average molecular weight is 479 g/mol. The highest BCUT2D eigenvalue weighted by atomic mass is 16.5. The molecule has 0 aliphatic heterocycles. The van der Waals surface area contributed by atoms with Crippen LogP contribution in [0.5, 0.6) is 17.4 Å². The quantitative estimate of drug-likeness (QED) is 0.302. The molecule has 0 atom stereocenters. The summed E-state index contributed by atoms with van der Waals surface area (Å²) in [5.74, 6) is 1.48. The molecular weight excluding hydrogens is 456 g/mol. The van der Waals surface area contributed by atoms with Gasteiger partial charge in [0.25, 0.3) is 0 Å². The smallest absolute Gasteiger partial charge is 0.222 e. The van der Waals surface area contributed by atoms with Gasteiger partial charge in [0, 0.05) is 28.4 Å². The fraction of sp³-hybridized carbons (Fsp3) is 0.0714. The molecule has 0 amide bonds. The summed E-state index contributed by atoms with van der Waals surface area (Å²) in [5.41, 5.74) is 6.12. The molecule has 3 aromatic heterocycles. The van der Waals surface area contributed by atoms with Gasteiger partial charge in [-0.2, -0.15) is 5.10 Å². The second-order valence-electron chi connectivity index (χ2n) is 8.19. The van der Waals surface area contributed by atoms with E-state index in [1.165, 1.54) is 6.26 Å². The number of ether oxygens (including phenoxy) is 2. The van der Waals surface area contributed by atoms with E-state index in [9.17, 15) is 5.11 Å². The van der Waals surface area contributed by atoms with Gasteiger partial charge in [0.2, 0.25) is 5.88 Å². The van der Waals surface area contributed by atoms with E-state index in [0.717, 1.165) is 44.9 Å². The molecule has 3 heterocycles. The second kappa shape index (κ2) is 8.66. The molecule has 0 saturated heterocycles. The number of rotatable bonds is 6. The zero-order valence-electron chi connectivity index (χ0n) is 19.6. The molecule has 0 bridgehead atoms. The van der Waals surface area contributed by atoms with Crippen LogP contribution in [0.1, 0.15) is 0 Å². The lowest BCUT2D eigenvalue weighted by molar-refractivity contribution is 0.415. The van der Waals surface area contributed by atoms with Crippen LogP contribution in [-0.2, 0) is 0 Å². The number of H-pyrrole nitrogens is 1. The summed E-state index contributed by atoms with van der Waals surface area (Å²) in [6.07, 6.45) is 1.54. The summed E-state index contributed by atoms with van der Waals surface area (Å²) in [6.45, 7) is 0. The van der Waals surface area contributed by atoms with Gasteiger partial charge in [-0.25, -0.2) is 0 Å². The van der Waals surface area contributed by atoms with Crippen molar-refractivity contribution in [3.05, 3.63) is 85.1 Å². The number of methoxy groups -OCH3 is 2. The zero-order chi connectivity index (χ0) is 24.6. The van der Waals surface area contributed by atoms with Crippen molar-refractivity contribution in [1.82, 2.24) is 19.9 Å². The van der Waals surface area contributed by atoms with Gasteiger partial charge < -0.3 is 19.1 Å². The van der Waals surface area contributed by atoms with E-state index in [1.54, 1.807) is 24.9 Å². The lowest BCUT2D eigenvalue weighted by Gasteiger charge is -2.15. The minimum absolute atomic E-state index is 0.0485. The van der Waals surface area contributed by atoms with Gasteiger partial charge in [0.05, 0.1) is 25.3 Å². The third-order valence-electron chi connectivity index (χ3n) is 6.25. The first-order chi connectivity index (χ1) is 17.7. The van der Waals surface area contributed by atoms with Crippen LogP contribution in [0.4, 0.5) is 0 Å². The molecule has 3 aromatic carbocycles. The predicted molar refractivity (Wildman–Crippen MR) is 137 cm³/mol. The van der Waals surface area contributed by atoms with Gasteiger partial charge in [-0.3, -0.25) is 9.67 Å². The van der Waals surface area contributed by atoms with Gasteiger partial charge >= 0.3 is 0 Å². The highest BCUT2D eigenvalue weighted by Gasteiger charge is 2.26. The first-order valence-corrected chi connectivity index (χ1v) is 11.3. The van der Waals surface area contributed by atoms with Crippen LogP contribution >= 0.6 is 0 Å². The highest BCUT2D eigenvalue weighted by molar-refractivity contribution is 6.07. The number of nitrogens with zero attached hydrogens (tertiary/aromatic N) is 3. The number of aromatic hydroxyl groups is 1. The van der Waals surface area contributed by atoms with Crippen LogP contribution in [0.15, 0.2) is 89.6 Å². The van der Waals surface area contributed by atoms with Crippen molar-refractivity contribution >= 4 is 10.9 Å². The molecule has 0 aliphatic rings. The second-order valence-corrected chi connectivity index (χ2v) is 8.19. The Morgan fingerprint density at radius 3 is 2.31 bits per heavy atom. The maximum Gasteiger partial charge on any atom is 0.222 e. The van der Waals surface area contributed by atoms with Crippen LogP contribution in [0, 0.1) is 0 Å². The van der Waals surface area contributed by atoms with Gasteiger partial charge in [0.1, 0.15) is 34.7 Å². The van der Waals surface area contributed by atoms with Crippen molar-refractivity contribution in [1.29, 1.82) is 0 Å². The number of aromatic nitrogens is 4. The zero-order valence-corrected chi connectivity index (χ0v) is 19.6. The van der Waals surface area contributed by atoms with E-state index < -0.39 is 0 Å². The first-order valence-electron chi connectivity index (χ1n) is 11.3. The third kappa shape index (κ3) is 3.39. The molecule has 178 valence electrons. The molecule has 6 rings (SSSR count). The Balaban J connectivity index is 1.62. The number of fused-ring (bicyclic) bond motifs is 1. The minimum atomic E-state index is 0.0485. The van der Waals surface area contributed by atoms with Crippen molar-refractivity contribution in [3.63, 3.8) is 0 Å². The topological polar surface area (TPSA) is 98.3 Å². The number of aromatic amines is 1. The van der Waals surface area contributed by atoms with E-state index in [0.29, 0.717) is 17.0 Å². The highest BCUT2D eigenvalue weighted by Crippen LogP contribution is 2.46. The number of para-hydroxylation sites is 1. The van der Waals surface area contributed by atoms with E-state index in [4.69, 9.17) is 14.0 Å². The molecule has 0 unspecified atom stereocenters. The Kier molecular flexibility index (Phi) is 5.19. The SMILES string of the molecule is COc1ccc(-c2n[nH]c3c(O)n(-c4ccc(-c5ccon5)cc4)c(-c4ccccc4OC)c23)cc1. The fourth-order valence-electron chi connectivity index (χ4n) is 4.51. The predicted octanol–water partition coefficient (Wildman–Crippen LogP) is 6.07. The summed E-state index contributed by atoms with van der Waals surface area (Å²) < 4.78 is 17.8. The van der Waals surface area contributed by atoms with Gasteiger partial charge in [0.15, 0.2) is 0 Å². The fourth-order valence-corrected chi connectivity index (χ4v) is 4.51. The molecule has 2 N–H and O–H groups in total. The van der Waals surface area contributed by atoms with Gasteiger partial charge in [-0.05, 0) is 48.5 Å². The monoisotopic (exact) mass is 478 g/mol. The third-order valence-corrected chi connectivity index (χ3v) is 6.25. The van der Waals surface area contributed by atoms with E-state index >= 15 is 0 Å². The Labute approximate surface area is 206 Å². The molecule has 0 spiro atoms. The van der Waals surface area contributed by atoms with E-state index in [-0.39, 0.29) is 5.88 Å². The molecule has 8 heteroatoms. The van der Waals surface area contributed by atoms with Crippen molar-refractivity contribution in [2.75, 3.05) is 14.2 Å². The molecule has 36 heavy (non-hydrogen) atoms. The van der Waals surface area contributed by atoms with Crippen LogP contribution in [0.2, 0.25) is 0 Å². The Bertz CT molecular complexity index is 1650. The summed E-state index contributed by atoms with van der Waals surface area (Å²) in [5, 5.41) is 23.8. The Hall–Kier alpha value is -4.98. The lowest BCUT2D eigenvalue weighted by Crippen LogP contribution is -1.99. The number of hydrogen-bond acceptors (Lipinski definition) is 6. The van der Waals surface area contributed by atoms with Crippen molar-refractivity contribution < 1.29 is 19.1 Å². The normalized spacial score (nSPS) is 11.2. The first kappa shape index (κ1) is 21.5. The summed E-state index contributed by atoms with van der Waals surface area (Å²) in [6, 6.07) is 24.9. The Morgan fingerprint density at radius 1 is 0.861 bits per heavy atom. The molecule has 0 fully saturated rings. The molecule has 6 aromatic rings. The van der Waals surface area contributed by atoms with E-state index in [2.05, 4.69) is 15.4 Å². The Morgan fingerprint density at radius 2 is 1.61 bits per heavy atom. The molecule has 0 radical (unpaired) electrons. The van der Waals surface area contributed by atoms with Crippen LogP contribution < -0.4 is 9.47 Å². The van der Waals surface area contributed by atoms with Crippen molar-refractivity contribution in [2.24, 2.45) is 0 Å². The maximum absolute atomic E-state index is 11.4. The summed E-state index contributed by atoms with van der Waals surface area (Å²) in [4.78, 5) is 0. The number of benzene rings is 3. The molecule has 0 saturated carbocycles. The maximum atomic E-state index is 11.4. The van der Waals surface area contributed by atoms with E-state index in [1.807, 2.05) is 72.8 Å². The lowest BCUT2D eigenvalue weighted by atomic mass is 10.0. The van der Waals surface area contributed by atoms with Gasteiger partial charge in [-0.1, -0.05) is 29.4 Å². The largest absolute Gasteiger partial charge is 0.497 e. The summed E-state index contributed by atoms with van der Waals surface area (Å²) in [7, 11) is 3.27. The van der Waals surface area contributed by atoms with Crippen molar-refractivity contribution in [2.45, 2.75) is 0 Å². The molecule has 0 aliphatic carbocycles. The number of hydrogen-bond donors (Lipinski definition) is 2. The standard InChI is InChI=1S/C28H22N4O4/c1-34-20-13-9-18(10-14-20)25-24-26(30-29-25)28(33)32(27(24)21-5-3-4-6-23(21)35-2)19-11-7-17(8-12-19)22-15-16-36-31-22/h3-16,30,33H,1-2H3. The van der Waals surface area contributed by atoms with Crippen LogP contribution in [0.3, 0.4) is 0 Å². The molecule has 8 nitrogen and oxygen atoms in total. The van der Waals surface area contributed by atoms with Gasteiger partial charge in [-0.15, -0.1) is 0 Å².